The Kier molecular flexibility index (Phi) is 3.47. The summed E-state index contributed by atoms with van der Waals surface area (Å²) in [5.41, 5.74) is -0.0506. The summed E-state index contributed by atoms with van der Waals surface area (Å²) in [7, 11) is 0. The number of carbonyl (C=O) groups is 2. The summed E-state index contributed by atoms with van der Waals surface area (Å²) in [5, 5.41) is 18.1. The van der Waals surface area contributed by atoms with E-state index in [4.69, 9.17) is 14.9 Å². The second-order valence-corrected chi connectivity index (χ2v) is 3.70. The minimum absolute atomic E-state index is 0.0253. The van der Waals surface area contributed by atoms with Gasteiger partial charge in [0.1, 0.15) is 22.6 Å². The Hall–Kier alpha value is -2.82. The van der Waals surface area contributed by atoms with Gasteiger partial charge in [-0.05, 0) is 24.3 Å². The molecule has 2 aromatic rings. The Labute approximate surface area is 108 Å². The van der Waals surface area contributed by atoms with Gasteiger partial charge in [0.05, 0.1) is 0 Å². The number of para-hydroxylation sites is 2. The lowest BCUT2D eigenvalue weighted by molar-refractivity contribution is 0.0687. The normalized spacial score (nSPS) is 9.89. The fourth-order valence-corrected chi connectivity index (χ4v) is 1.58. The van der Waals surface area contributed by atoms with Gasteiger partial charge in [-0.25, -0.2) is 9.59 Å². The highest BCUT2D eigenvalue weighted by Gasteiger charge is 2.15. The molecular formula is C14H10O5. The Bertz CT molecular complexity index is 578. The lowest BCUT2D eigenvalue weighted by Crippen LogP contribution is -2.03. The molecule has 2 aromatic carbocycles. The molecule has 0 saturated heterocycles. The third kappa shape index (κ3) is 2.71. The van der Waals surface area contributed by atoms with E-state index in [1.807, 2.05) is 0 Å². The molecule has 0 aliphatic heterocycles. The van der Waals surface area contributed by atoms with Crippen molar-refractivity contribution in [2.45, 2.75) is 0 Å². The van der Waals surface area contributed by atoms with E-state index in [0.717, 1.165) is 0 Å². The van der Waals surface area contributed by atoms with Crippen LogP contribution in [0.25, 0.3) is 0 Å². The van der Waals surface area contributed by atoms with Gasteiger partial charge in [0.15, 0.2) is 0 Å². The van der Waals surface area contributed by atoms with Gasteiger partial charge >= 0.3 is 11.9 Å². The summed E-state index contributed by atoms with van der Waals surface area (Å²) in [6.45, 7) is 0. The topological polar surface area (TPSA) is 83.8 Å². The number of hydrogen-bond acceptors (Lipinski definition) is 3. The first-order chi connectivity index (χ1) is 9.09. The molecule has 0 fully saturated rings. The van der Waals surface area contributed by atoms with Crippen molar-refractivity contribution in [1.82, 2.24) is 0 Å². The third-order valence-electron chi connectivity index (χ3n) is 2.45. The highest BCUT2D eigenvalue weighted by Crippen LogP contribution is 2.28. The zero-order valence-electron chi connectivity index (χ0n) is 9.74. The molecule has 0 spiro atoms. The van der Waals surface area contributed by atoms with Crippen molar-refractivity contribution < 1.29 is 24.5 Å². The quantitative estimate of drug-likeness (QED) is 0.880. The van der Waals surface area contributed by atoms with Crippen LogP contribution in [0.5, 0.6) is 11.5 Å². The van der Waals surface area contributed by atoms with Gasteiger partial charge in [-0.3, -0.25) is 0 Å². The van der Waals surface area contributed by atoms with Crippen LogP contribution in [0.1, 0.15) is 20.7 Å². The lowest BCUT2D eigenvalue weighted by atomic mass is 10.2. The number of benzene rings is 2. The van der Waals surface area contributed by atoms with Crippen LogP contribution in [-0.2, 0) is 0 Å². The second-order valence-electron chi connectivity index (χ2n) is 3.70. The van der Waals surface area contributed by atoms with Gasteiger partial charge in [-0.15, -0.1) is 0 Å². The van der Waals surface area contributed by atoms with E-state index in [0.29, 0.717) is 0 Å². The zero-order valence-corrected chi connectivity index (χ0v) is 9.74. The van der Waals surface area contributed by atoms with Crippen molar-refractivity contribution in [1.29, 1.82) is 0 Å². The van der Waals surface area contributed by atoms with Crippen molar-refractivity contribution in [3.8, 4) is 11.5 Å². The van der Waals surface area contributed by atoms with Gasteiger partial charge < -0.3 is 14.9 Å². The van der Waals surface area contributed by atoms with Crippen LogP contribution in [-0.4, -0.2) is 22.2 Å². The number of carboxylic acid groups (broad SMARTS) is 2. The number of rotatable bonds is 4. The van der Waals surface area contributed by atoms with Gasteiger partial charge in [-0.2, -0.15) is 0 Å². The first-order valence-corrected chi connectivity index (χ1v) is 5.42. The second kappa shape index (κ2) is 5.22. The van der Waals surface area contributed by atoms with Crippen molar-refractivity contribution in [2.24, 2.45) is 0 Å². The molecule has 0 radical (unpaired) electrons. The van der Waals surface area contributed by atoms with Gasteiger partial charge in [0.2, 0.25) is 0 Å². The van der Waals surface area contributed by atoms with Crippen molar-refractivity contribution in [2.75, 3.05) is 0 Å². The third-order valence-corrected chi connectivity index (χ3v) is 2.45. The molecule has 0 bridgehead atoms. The Morgan fingerprint density at radius 2 is 1.11 bits per heavy atom. The van der Waals surface area contributed by atoms with Crippen molar-refractivity contribution >= 4 is 11.9 Å². The molecule has 5 heteroatoms. The van der Waals surface area contributed by atoms with E-state index in [2.05, 4.69) is 0 Å². The summed E-state index contributed by atoms with van der Waals surface area (Å²) in [6.07, 6.45) is 0. The smallest absolute Gasteiger partial charge is 0.339 e. The van der Waals surface area contributed by atoms with Gasteiger partial charge in [0.25, 0.3) is 0 Å². The molecule has 0 heterocycles. The maximum Gasteiger partial charge on any atom is 0.339 e. The van der Waals surface area contributed by atoms with Gasteiger partial charge in [-0.1, -0.05) is 24.3 Å². The highest BCUT2D eigenvalue weighted by atomic mass is 16.5. The number of hydrogen-bond donors (Lipinski definition) is 2. The molecule has 2 N–H and O–H groups in total. The summed E-state index contributed by atoms with van der Waals surface area (Å²) < 4.78 is 5.40. The molecule has 0 aromatic heterocycles. The first-order valence-electron chi connectivity index (χ1n) is 5.42. The molecule has 19 heavy (non-hydrogen) atoms. The van der Waals surface area contributed by atoms with E-state index in [9.17, 15) is 9.59 Å². The monoisotopic (exact) mass is 258 g/mol. The van der Waals surface area contributed by atoms with E-state index in [-0.39, 0.29) is 22.6 Å². The van der Waals surface area contributed by atoms with Crippen LogP contribution >= 0.6 is 0 Å². The van der Waals surface area contributed by atoms with E-state index in [1.165, 1.54) is 24.3 Å². The van der Waals surface area contributed by atoms with E-state index >= 15 is 0 Å². The molecule has 0 aliphatic rings. The summed E-state index contributed by atoms with van der Waals surface area (Å²) in [4.78, 5) is 22.1. The van der Waals surface area contributed by atoms with Crippen LogP contribution in [0.2, 0.25) is 0 Å². The predicted molar refractivity (Wildman–Crippen MR) is 66.9 cm³/mol. The van der Waals surface area contributed by atoms with E-state index < -0.39 is 11.9 Å². The number of aromatic carboxylic acids is 2. The molecule has 2 rings (SSSR count). The Morgan fingerprint density at radius 3 is 1.47 bits per heavy atom. The van der Waals surface area contributed by atoms with Gasteiger partial charge in [0, 0.05) is 0 Å². The molecule has 0 amide bonds. The Balaban J connectivity index is 2.42. The average molecular weight is 258 g/mol. The standard InChI is InChI=1S/C14H10O5/c15-13(16)9-5-1-3-7-11(9)19-12-8-4-2-6-10(12)14(17)18/h1-8H,(H,15,16)(H,17,18). The minimum atomic E-state index is -1.14. The fraction of sp³-hybridized carbons (Fsp3) is 0. The minimum Gasteiger partial charge on any atom is -0.478 e. The largest absolute Gasteiger partial charge is 0.478 e. The summed E-state index contributed by atoms with van der Waals surface area (Å²) in [6, 6.07) is 12.1. The average Bonchev–Trinajstić information content (AvgIpc) is 2.39. The fourth-order valence-electron chi connectivity index (χ4n) is 1.58. The molecule has 0 aliphatic carbocycles. The van der Waals surface area contributed by atoms with Crippen LogP contribution < -0.4 is 4.74 Å². The first kappa shape index (κ1) is 12.6. The molecule has 0 saturated carbocycles. The Morgan fingerprint density at radius 1 is 0.737 bits per heavy atom. The van der Waals surface area contributed by atoms with E-state index in [1.54, 1.807) is 24.3 Å². The highest BCUT2D eigenvalue weighted by molar-refractivity contribution is 5.92. The summed E-state index contributed by atoms with van der Waals surface area (Å²) >= 11 is 0. The van der Waals surface area contributed by atoms with Crippen molar-refractivity contribution in [3.05, 3.63) is 59.7 Å². The molecular weight excluding hydrogens is 248 g/mol. The maximum absolute atomic E-state index is 11.0. The van der Waals surface area contributed by atoms with Crippen LogP contribution in [0.4, 0.5) is 0 Å². The number of carboxylic acids is 2. The predicted octanol–water partition coefficient (Wildman–Crippen LogP) is 2.88. The molecule has 5 nitrogen and oxygen atoms in total. The van der Waals surface area contributed by atoms with Crippen LogP contribution in [0.3, 0.4) is 0 Å². The summed E-state index contributed by atoms with van der Waals surface area (Å²) in [5.74, 6) is -2.07. The maximum atomic E-state index is 11.0. The molecule has 0 unspecified atom stereocenters. The number of ether oxygens (including phenoxy) is 1. The zero-order chi connectivity index (χ0) is 13.8. The van der Waals surface area contributed by atoms with Crippen LogP contribution in [0.15, 0.2) is 48.5 Å². The van der Waals surface area contributed by atoms with Crippen molar-refractivity contribution in [3.63, 3.8) is 0 Å². The molecule has 96 valence electrons. The molecule has 0 atom stereocenters. The lowest BCUT2D eigenvalue weighted by Gasteiger charge is -2.10. The SMILES string of the molecule is O=C(O)c1ccccc1Oc1ccccc1C(=O)O. The van der Waals surface area contributed by atoms with Crippen LogP contribution in [0, 0.1) is 0 Å².